The van der Waals surface area contributed by atoms with Crippen molar-refractivity contribution >= 4 is 22.6 Å². The summed E-state index contributed by atoms with van der Waals surface area (Å²) in [6.45, 7) is 7.78. The summed E-state index contributed by atoms with van der Waals surface area (Å²) < 4.78 is 8.69. The third kappa shape index (κ3) is 2.70. The molecule has 0 aliphatic rings. The summed E-state index contributed by atoms with van der Waals surface area (Å²) in [4.78, 5) is 0. The fourth-order valence-electron chi connectivity index (χ4n) is 1.25. The Kier molecular flexibility index (Phi) is 4.88. The maximum Gasteiger partial charge on any atom is 0.0895 e. The first kappa shape index (κ1) is 12.0. The quantitative estimate of drug-likeness (QED) is 0.782. The zero-order valence-corrected chi connectivity index (χ0v) is 11.1. The molecule has 0 saturated carbocycles. The monoisotopic (exact) mass is 308 g/mol. The summed E-state index contributed by atoms with van der Waals surface area (Å²) in [6.07, 6.45) is 3.00. The highest BCUT2D eigenvalue weighted by Gasteiger charge is 2.12. The Labute approximate surface area is 99.0 Å². The van der Waals surface area contributed by atoms with Crippen molar-refractivity contribution in [3.05, 3.63) is 15.5 Å². The Morgan fingerprint density at radius 3 is 2.86 bits per heavy atom. The van der Waals surface area contributed by atoms with Crippen molar-refractivity contribution in [2.45, 2.75) is 39.8 Å². The van der Waals surface area contributed by atoms with Crippen molar-refractivity contribution in [1.82, 2.24) is 9.78 Å². The van der Waals surface area contributed by atoms with Crippen LogP contribution < -0.4 is 0 Å². The Balaban J connectivity index is 2.82. The summed E-state index contributed by atoms with van der Waals surface area (Å²) in [7, 11) is 0. The second kappa shape index (κ2) is 5.70. The van der Waals surface area contributed by atoms with Crippen molar-refractivity contribution in [1.29, 1.82) is 0 Å². The molecule has 0 radical (unpaired) electrons. The van der Waals surface area contributed by atoms with E-state index in [0.717, 1.165) is 13.0 Å². The number of halogens is 1. The first-order chi connectivity index (χ1) is 6.70. The Morgan fingerprint density at radius 2 is 2.29 bits per heavy atom. The first-order valence-corrected chi connectivity index (χ1v) is 6.08. The van der Waals surface area contributed by atoms with Gasteiger partial charge >= 0.3 is 0 Å². The lowest BCUT2D eigenvalue weighted by molar-refractivity contribution is 0.125. The first-order valence-electron chi connectivity index (χ1n) is 5.00. The van der Waals surface area contributed by atoms with E-state index in [1.165, 1.54) is 9.26 Å². The van der Waals surface area contributed by atoms with E-state index >= 15 is 0 Å². The number of hydrogen-bond donors (Lipinski definition) is 0. The van der Waals surface area contributed by atoms with E-state index in [-0.39, 0.29) is 0 Å². The van der Waals surface area contributed by atoms with Gasteiger partial charge in [0.25, 0.3) is 0 Å². The van der Waals surface area contributed by atoms with Gasteiger partial charge in [-0.15, -0.1) is 0 Å². The average molecular weight is 308 g/mol. The van der Waals surface area contributed by atoms with Gasteiger partial charge in [0, 0.05) is 12.6 Å². The highest BCUT2D eigenvalue weighted by Crippen LogP contribution is 2.18. The van der Waals surface area contributed by atoms with Gasteiger partial charge in [-0.25, -0.2) is 0 Å². The van der Waals surface area contributed by atoms with Crippen LogP contribution in [0.5, 0.6) is 0 Å². The van der Waals surface area contributed by atoms with Crippen LogP contribution in [-0.4, -0.2) is 16.4 Å². The van der Waals surface area contributed by atoms with Crippen molar-refractivity contribution in [3.8, 4) is 0 Å². The van der Waals surface area contributed by atoms with Gasteiger partial charge < -0.3 is 4.74 Å². The van der Waals surface area contributed by atoms with Crippen LogP contribution in [0.1, 0.15) is 38.9 Å². The minimum Gasteiger partial charge on any atom is -0.375 e. The second-order valence-corrected chi connectivity index (χ2v) is 4.44. The fraction of sp³-hybridized carbons (Fsp3) is 0.700. The van der Waals surface area contributed by atoms with Crippen LogP contribution in [0, 0.1) is 3.57 Å². The van der Waals surface area contributed by atoms with Gasteiger partial charge in [-0.2, -0.15) is 5.10 Å². The average Bonchev–Trinajstić information content (AvgIpc) is 2.56. The molecule has 1 aromatic heterocycles. The van der Waals surface area contributed by atoms with Crippen LogP contribution in [0.25, 0.3) is 0 Å². The topological polar surface area (TPSA) is 27.1 Å². The minimum atomic E-state index is 0.453. The molecule has 1 atom stereocenters. The molecule has 1 rings (SSSR count). The van der Waals surface area contributed by atoms with E-state index in [1.54, 1.807) is 0 Å². The van der Waals surface area contributed by atoms with Crippen LogP contribution in [0.3, 0.4) is 0 Å². The van der Waals surface area contributed by atoms with E-state index in [1.807, 2.05) is 13.1 Å². The molecule has 0 unspecified atom stereocenters. The Morgan fingerprint density at radius 1 is 1.57 bits per heavy atom. The predicted molar refractivity (Wildman–Crippen MR) is 65.3 cm³/mol. The van der Waals surface area contributed by atoms with Crippen molar-refractivity contribution < 1.29 is 4.74 Å². The van der Waals surface area contributed by atoms with Gasteiger partial charge in [0.2, 0.25) is 0 Å². The number of aromatic nitrogens is 2. The maximum atomic E-state index is 5.43. The molecule has 1 aromatic rings. The zero-order chi connectivity index (χ0) is 10.6. The molecular weight excluding hydrogens is 291 g/mol. The highest BCUT2D eigenvalue weighted by molar-refractivity contribution is 14.1. The third-order valence-electron chi connectivity index (χ3n) is 2.30. The summed E-state index contributed by atoms with van der Waals surface area (Å²) in [5.74, 6) is 0. The largest absolute Gasteiger partial charge is 0.375 e. The van der Waals surface area contributed by atoms with Gasteiger partial charge in [0.05, 0.1) is 22.1 Å². The number of ether oxygens (including phenoxy) is 1. The van der Waals surface area contributed by atoms with Crippen LogP contribution >= 0.6 is 22.6 Å². The third-order valence-corrected chi connectivity index (χ3v) is 3.20. The van der Waals surface area contributed by atoms with E-state index in [0.29, 0.717) is 12.6 Å². The maximum absolute atomic E-state index is 5.43. The molecule has 4 heteroatoms. The molecule has 80 valence electrons. The molecule has 0 fully saturated rings. The van der Waals surface area contributed by atoms with Crippen molar-refractivity contribution in [2.75, 3.05) is 6.61 Å². The minimum absolute atomic E-state index is 0.453. The molecule has 0 saturated heterocycles. The smallest absolute Gasteiger partial charge is 0.0895 e. The van der Waals surface area contributed by atoms with Gasteiger partial charge in [-0.1, -0.05) is 6.92 Å². The fourth-order valence-corrected chi connectivity index (χ4v) is 1.78. The summed E-state index contributed by atoms with van der Waals surface area (Å²) in [5.41, 5.74) is 1.20. The molecule has 0 spiro atoms. The van der Waals surface area contributed by atoms with E-state index in [2.05, 4.69) is 46.2 Å². The Hall–Kier alpha value is -0.100. The van der Waals surface area contributed by atoms with Gasteiger partial charge in [-0.3, -0.25) is 4.68 Å². The SMILES string of the molecule is CCOCc1c(I)cnn1[C@@H](C)CC. The molecule has 1 heterocycles. The van der Waals surface area contributed by atoms with Crippen molar-refractivity contribution in [2.24, 2.45) is 0 Å². The van der Waals surface area contributed by atoms with E-state index in [9.17, 15) is 0 Å². The number of rotatable bonds is 5. The predicted octanol–water partition coefficient (Wildman–Crippen LogP) is 3.00. The van der Waals surface area contributed by atoms with E-state index < -0.39 is 0 Å². The van der Waals surface area contributed by atoms with E-state index in [4.69, 9.17) is 4.74 Å². The van der Waals surface area contributed by atoms with Crippen molar-refractivity contribution in [3.63, 3.8) is 0 Å². The van der Waals surface area contributed by atoms with Crippen LogP contribution in [0.4, 0.5) is 0 Å². The molecule has 14 heavy (non-hydrogen) atoms. The lowest BCUT2D eigenvalue weighted by Gasteiger charge is -2.13. The van der Waals surface area contributed by atoms with Gasteiger partial charge in [0.15, 0.2) is 0 Å². The standard InChI is InChI=1S/C10H17IN2O/c1-4-8(3)13-10(7-14-5-2)9(11)6-12-13/h6,8H,4-5,7H2,1-3H3/t8-/m0/s1. The van der Waals surface area contributed by atoms with Gasteiger partial charge in [-0.05, 0) is 42.9 Å². The van der Waals surface area contributed by atoms with Gasteiger partial charge in [0.1, 0.15) is 0 Å². The molecule has 0 aromatic carbocycles. The number of nitrogens with zero attached hydrogens (tertiary/aromatic N) is 2. The summed E-state index contributed by atoms with van der Waals surface area (Å²) in [6, 6.07) is 0.453. The molecule has 0 amide bonds. The molecule has 3 nitrogen and oxygen atoms in total. The zero-order valence-electron chi connectivity index (χ0n) is 8.96. The Bertz CT molecular complexity index is 286. The van der Waals surface area contributed by atoms with Crippen LogP contribution in [-0.2, 0) is 11.3 Å². The molecule has 0 aliphatic carbocycles. The summed E-state index contributed by atoms with van der Waals surface area (Å²) in [5, 5.41) is 4.37. The normalized spacial score (nSPS) is 13.1. The van der Waals surface area contributed by atoms with Crippen LogP contribution in [0.15, 0.2) is 6.20 Å². The molecule has 0 aliphatic heterocycles. The summed E-state index contributed by atoms with van der Waals surface area (Å²) >= 11 is 2.31. The molecule has 0 bridgehead atoms. The van der Waals surface area contributed by atoms with Crippen LogP contribution in [0.2, 0.25) is 0 Å². The number of hydrogen-bond acceptors (Lipinski definition) is 2. The lowest BCUT2D eigenvalue weighted by atomic mass is 10.2. The second-order valence-electron chi connectivity index (χ2n) is 3.28. The molecule has 0 N–H and O–H groups in total. The molecular formula is C10H17IN2O. The lowest BCUT2D eigenvalue weighted by Crippen LogP contribution is -2.11. The highest BCUT2D eigenvalue weighted by atomic mass is 127.